The number of halogens is 3. The van der Waals surface area contributed by atoms with Crippen LogP contribution in [0.5, 0.6) is 0 Å². The Hall–Kier alpha value is -2.30. The Morgan fingerprint density at radius 2 is 1.86 bits per heavy atom. The fourth-order valence-electron chi connectivity index (χ4n) is 2.93. The Morgan fingerprint density at radius 1 is 1.09 bits per heavy atom. The summed E-state index contributed by atoms with van der Waals surface area (Å²) >= 11 is 0. The van der Waals surface area contributed by atoms with Crippen molar-refractivity contribution in [3.05, 3.63) is 64.5 Å². The van der Waals surface area contributed by atoms with Crippen molar-refractivity contribution in [1.82, 2.24) is 0 Å². The lowest BCUT2D eigenvalue weighted by Gasteiger charge is -2.31. The van der Waals surface area contributed by atoms with E-state index >= 15 is 0 Å². The summed E-state index contributed by atoms with van der Waals surface area (Å²) in [4.78, 5) is 14.0. The average molecular weight is 305 g/mol. The predicted molar refractivity (Wildman–Crippen MR) is 77.5 cm³/mol. The van der Waals surface area contributed by atoms with Gasteiger partial charge in [0.2, 0.25) is 0 Å². The van der Waals surface area contributed by atoms with Crippen molar-refractivity contribution in [3.63, 3.8) is 0 Å². The van der Waals surface area contributed by atoms with Gasteiger partial charge in [-0.3, -0.25) is 4.79 Å². The predicted octanol–water partition coefficient (Wildman–Crippen LogP) is 4.01. The van der Waals surface area contributed by atoms with E-state index < -0.39 is 17.5 Å². The van der Waals surface area contributed by atoms with Gasteiger partial charge in [-0.05, 0) is 61.2 Å². The van der Waals surface area contributed by atoms with Crippen LogP contribution in [0.2, 0.25) is 0 Å². The zero-order chi connectivity index (χ0) is 15.9. The Balaban J connectivity index is 2.08. The molecule has 1 aliphatic rings. The van der Waals surface area contributed by atoms with Gasteiger partial charge >= 0.3 is 0 Å². The maximum atomic E-state index is 13.8. The van der Waals surface area contributed by atoms with E-state index in [9.17, 15) is 18.0 Å². The van der Waals surface area contributed by atoms with E-state index in [1.165, 1.54) is 17.0 Å². The van der Waals surface area contributed by atoms with E-state index in [0.717, 1.165) is 18.2 Å². The van der Waals surface area contributed by atoms with Crippen LogP contribution < -0.4 is 4.90 Å². The lowest BCUT2D eigenvalue weighted by molar-refractivity contribution is 0.0980. The van der Waals surface area contributed by atoms with Crippen LogP contribution in [0.15, 0.2) is 30.3 Å². The number of hydrogen-bond donors (Lipinski definition) is 0. The van der Waals surface area contributed by atoms with Crippen molar-refractivity contribution in [2.75, 3.05) is 11.4 Å². The second kappa shape index (κ2) is 5.48. The summed E-state index contributed by atoms with van der Waals surface area (Å²) in [5.74, 6) is -2.40. The standard InChI is InChI=1S/C17H14F3NO/c1-10-7-13(19)8-11-3-2-6-21(16(10)11)17(22)14-9-12(18)4-5-15(14)20/h4-5,7-9H,2-3,6H2,1H3. The average Bonchev–Trinajstić information content (AvgIpc) is 2.48. The number of carbonyl (C=O) groups excluding carboxylic acids is 1. The molecule has 0 aliphatic carbocycles. The molecule has 0 fully saturated rings. The highest BCUT2D eigenvalue weighted by molar-refractivity contribution is 6.07. The number of hydrogen-bond acceptors (Lipinski definition) is 1. The number of nitrogens with zero attached hydrogens (tertiary/aromatic N) is 1. The third-order valence-corrected chi connectivity index (χ3v) is 3.85. The molecular weight excluding hydrogens is 291 g/mol. The number of benzene rings is 2. The monoisotopic (exact) mass is 305 g/mol. The van der Waals surface area contributed by atoms with Gasteiger partial charge in [0, 0.05) is 6.54 Å². The van der Waals surface area contributed by atoms with Gasteiger partial charge < -0.3 is 4.90 Å². The van der Waals surface area contributed by atoms with E-state index in [0.29, 0.717) is 36.2 Å². The smallest absolute Gasteiger partial charge is 0.261 e. The van der Waals surface area contributed by atoms with Crippen LogP contribution >= 0.6 is 0 Å². The third kappa shape index (κ3) is 2.47. The largest absolute Gasteiger partial charge is 0.308 e. The van der Waals surface area contributed by atoms with Gasteiger partial charge in [0.25, 0.3) is 5.91 Å². The summed E-state index contributed by atoms with van der Waals surface area (Å²) in [6.45, 7) is 2.10. The SMILES string of the molecule is Cc1cc(F)cc2c1N(C(=O)c1cc(F)ccc1F)CCC2. The topological polar surface area (TPSA) is 20.3 Å². The van der Waals surface area contributed by atoms with Crippen LogP contribution in [0.3, 0.4) is 0 Å². The second-order valence-electron chi connectivity index (χ2n) is 5.41. The molecule has 2 aromatic rings. The number of aryl methyl sites for hydroxylation is 2. The first kappa shape index (κ1) is 14.6. The summed E-state index contributed by atoms with van der Waals surface area (Å²) in [6.07, 6.45) is 1.31. The lowest BCUT2D eigenvalue weighted by Crippen LogP contribution is -2.36. The molecule has 114 valence electrons. The van der Waals surface area contributed by atoms with Gasteiger partial charge in [-0.1, -0.05) is 0 Å². The minimum absolute atomic E-state index is 0.309. The molecule has 0 aromatic heterocycles. The third-order valence-electron chi connectivity index (χ3n) is 3.85. The summed E-state index contributed by atoms with van der Waals surface area (Å²) in [5, 5.41) is 0. The summed E-state index contributed by atoms with van der Waals surface area (Å²) in [7, 11) is 0. The molecule has 2 nitrogen and oxygen atoms in total. The summed E-state index contributed by atoms with van der Waals surface area (Å²) < 4.78 is 40.7. The molecule has 0 N–H and O–H groups in total. The first-order valence-electron chi connectivity index (χ1n) is 7.03. The fourth-order valence-corrected chi connectivity index (χ4v) is 2.93. The molecule has 1 heterocycles. The highest BCUT2D eigenvalue weighted by atomic mass is 19.1. The molecule has 3 rings (SSSR count). The maximum absolute atomic E-state index is 13.8. The van der Waals surface area contributed by atoms with Crippen LogP contribution in [0, 0.1) is 24.4 Å². The van der Waals surface area contributed by atoms with E-state index in [-0.39, 0.29) is 11.4 Å². The molecule has 2 aromatic carbocycles. The molecule has 1 aliphatic heterocycles. The Morgan fingerprint density at radius 3 is 2.64 bits per heavy atom. The molecule has 5 heteroatoms. The van der Waals surface area contributed by atoms with E-state index in [1.807, 2.05) is 0 Å². The fraction of sp³-hybridized carbons (Fsp3) is 0.235. The molecule has 22 heavy (non-hydrogen) atoms. The lowest BCUT2D eigenvalue weighted by atomic mass is 9.97. The minimum atomic E-state index is -0.765. The molecule has 0 spiro atoms. The van der Waals surface area contributed by atoms with Gasteiger partial charge in [0.1, 0.15) is 17.5 Å². The molecule has 0 saturated heterocycles. The Kier molecular flexibility index (Phi) is 3.64. The minimum Gasteiger partial charge on any atom is -0.308 e. The number of carbonyl (C=O) groups is 1. The molecule has 0 unspecified atom stereocenters. The van der Waals surface area contributed by atoms with Crippen LogP contribution in [0.4, 0.5) is 18.9 Å². The van der Waals surface area contributed by atoms with Crippen molar-refractivity contribution in [2.24, 2.45) is 0 Å². The maximum Gasteiger partial charge on any atom is 0.261 e. The van der Waals surface area contributed by atoms with E-state index in [4.69, 9.17) is 0 Å². The van der Waals surface area contributed by atoms with E-state index in [2.05, 4.69) is 0 Å². The zero-order valence-corrected chi connectivity index (χ0v) is 12.0. The Labute approximate surface area is 126 Å². The van der Waals surface area contributed by atoms with Crippen molar-refractivity contribution in [3.8, 4) is 0 Å². The van der Waals surface area contributed by atoms with Gasteiger partial charge in [-0.15, -0.1) is 0 Å². The van der Waals surface area contributed by atoms with Gasteiger partial charge in [-0.2, -0.15) is 0 Å². The molecule has 0 bridgehead atoms. The molecule has 0 radical (unpaired) electrons. The van der Waals surface area contributed by atoms with Gasteiger partial charge in [0.05, 0.1) is 11.3 Å². The number of anilines is 1. The van der Waals surface area contributed by atoms with Crippen LogP contribution in [0.25, 0.3) is 0 Å². The molecule has 1 amide bonds. The quantitative estimate of drug-likeness (QED) is 0.779. The number of rotatable bonds is 1. The zero-order valence-electron chi connectivity index (χ0n) is 12.0. The molecule has 0 atom stereocenters. The van der Waals surface area contributed by atoms with Crippen molar-refractivity contribution >= 4 is 11.6 Å². The second-order valence-corrected chi connectivity index (χ2v) is 5.41. The first-order valence-corrected chi connectivity index (χ1v) is 7.03. The van der Waals surface area contributed by atoms with E-state index in [1.54, 1.807) is 6.92 Å². The highest BCUT2D eigenvalue weighted by Crippen LogP contribution is 2.33. The number of amides is 1. The van der Waals surface area contributed by atoms with Crippen molar-refractivity contribution < 1.29 is 18.0 Å². The van der Waals surface area contributed by atoms with Crippen molar-refractivity contribution in [2.45, 2.75) is 19.8 Å². The summed E-state index contributed by atoms with van der Waals surface area (Å²) in [5.41, 5.74) is 1.62. The van der Waals surface area contributed by atoms with Crippen LogP contribution in [-0.2, 0) is 6.42 Å². The first-order chi connectivity index (χ1) is 10.5. The van der Waals surface area contributed by atoms with Crippen LogP contribution in [0.1, 0.15) is 27.9 Å². The molecule has 0 saturated carbocycles. The van der Waals surface area contributed by atoms with Crippen molar-refractivity contribution in [1.29, 1.82) is 0 Å². The van der Waals surface area contributed by atoms with Gasteiger partial charge in [0.15, 0.2) is 0 Å². The van der Waals surface area contributed by atoms with Gasteiger partial charge in [-0.25, -0.2) is 13.2 Å². The molecular formula is C17H14F3NO. The normalized spacial score (nSPS) is 13.9. The highest BCUT2D eigenvalue weighted by Gasteiger charge is 2.27. The van der Waals surface area contributed by atoms with Crippen LogP contribution in [-0.4, -0.2) is 12.5 Å². The number of fused-ring (bicyclic) bond motifs is 1. The summed E-state index contributed by atoms with van der Waals surface area (Å²) in [6, 6.07) is 5.53. The Bertz CT molecular complexity index is 758.